The van der Waals surface area contributed by atoms with Gasteiger partial charge in [0.2, 0.25) is 0 Å². The van der Waals surface area contributed by atoms with Gasteiger partial charge in [-0.05, 0) is 22.9 Å². The summed E-state index contributed by atoms with van der Waals surface area (Å²) in [4.78, 5) is 44.7. The average Bonchev–Trinajstić information content (AvgIpc) is 2.64. The molecule has 0 fully saturated rings. The molecular weight excluding hydrogens is 408 g/mol. The first-order chi connectivity index (χ1) is 14.2. The molecule has 0 aliphatic heterocycles. The predicted molar refractivity (Wildman–Crippen MR) is 96.1 cm³/mol. The summed E-state index contributed by atoms with van der Waals surface area (Å²) in [6, 6.07) is 8.40. The van der Waals surface area contributed by atoms with Crippen LogP contribution >= 0.6 is 0 Å². The number of carboxylic acid groups (broad SMARTS) is 4. The van der Waals surface area contributed by atoms with Crippen LogP contribution in [0.25, 0.3) is 21.5 Å². The van der Waals surface area contributed by atoms with Crippen molar-refractivity contribution in [1.29, 1.82) is 0 Å². The fourth-order valence-corrected chi connectivity index (χ4v) is 2.90. The molecule has 0 atom stereocenters. The minimum absolute atomic E-state index is 0.122. The molecule has 0 bridgehead atoms. The van der Waals surface area contributed by atoms with E-state index in [9.17, 15) is 19.2 Å². The molecule has 12 nitrogen and oxygen atoms in total. The molecular formula is C18H10O12. The summed E-state index contributed by atoms with van der Waals surface area (Å²) in [5.41, 5.74) is 0. The molecule has 0 aliphatic carbocycles. The van der Waals surface area contributed by atoms with Crippen molar-refractivity contribution in [3.05, 3.63) is 36.4 Å². The first-order valence-electron chi connectivity index (χ1n) is 7.83. The van der Waals surface area contributed by atoms with Gasteiger partial charge in [0.25, 0.3) is 0 Å². The number of benzene rings is 3. The van der Waals surface area contributed by atoms with Crippen LogP contribution in [-0.4, -0.2) is 45.0 Å². The Kier molecular flexibility index (Phi) is 5.14. The SMILES string of the molecule is O=C(O)Oc1ccc2c(c1OC(=O)O)c(OC(=O)O)c(OC(=O)O)c1ccccc12. The van der Waals surface area contributed by atoms with Crippen molar-refractivity contribution in [2.24, 2.45) is 0 Å². The summed E-state index contributed by atoms with van der Waals surface area (Å²) in [6.07, 6.45) is -7.39. The average molecular weight is 418 g/mol. The molecule has 0 unspecified atom stereocenters. The van der Waals surface area contributed by atoms with Crippen LogP contribution in [0.15, 0.2) is 36.4 Å². The van der Waals surface area contributed by atoms with E-state index < -0.39 is 53.0 Å². The normalized spacial score (nSPS) is 10.4. The van der Waals surface area contributed by atoms with Crippen LogP contribution in [-0.2, 0) is 0 Å². The van der Waals surface area contributed by atoms with Gasteiger partial charge in [0.15, 0.2) is 23.0 Å². The first kappa shape index (κ1) is 20.0. The highest BCUT2D eigenvalue weighted by molar-refractivity contribution is 6.17. The Hall–Kier alpha value is -4.74. The van der Waals surface area contributed by atoms with Crippen LogP contribution in [0.2, 0.25) is 0 Å². The Morgan fingerprint density at radius 2 is 1.03 bits per heavy atom. The summed E-state index contributed by atoms with van der Waals surface area (Å²) in [6.45, 7) is 0. The van der Waals surface area contributed by atoms with Crippen molar-refractivity contribution in [3.63, 3.8) is 0 Å². The van der Waals surface area contributed by atoms with Gasteiger partial charge in [0.1, 0.15) is 0 Å². The fraction of sp³-hybridized carbons (Fsp3) is 0. The Morgan fingerprint density at radius 3 is 1.60 bits per heavy atom. The van der Waals surface area contributed by atoms with Gasteiger partial charge in [-0.25, -0.2) is 19.2 Å². The van der Waals surface area contributed by atoms with E-state index in [4.69, 9.17) is 29.9 Å². The fourth-order valence-electron chi connectivity index (χ4n) is 2.90. The van der Waals surface area contributed by atoms with Crippen molar-refractivity contribution >= 4 is 46.2 Å². The second-order valence-corrected chi connectivity index (χ2v) is 5.49. The molecule has 30 heavy (non-hydrogen) atoms. The molecule has 3 rings (SSSR count). The third kappa shape index (κ3) is 3.77. The molecule has 3 aromatic rings. The lowest BCUT2D eigenvalue weighted by Gasteiger charge is -2.17. The van der Waals surface area contributed by atoms with Crippen molar-refractivity contribution in [3.8, 4) is 23.0 Å². The van der Waals surface area contributed by atoms with E-state index in [1.54, 1.807) is 6.07 Å². The monoisotopic (exact) mass is 418 g/mol. The zero-order chi connectivity index (χ0) is 22.0. The maximum atomic E-state index is 11.3. The molecule has 3 aromatic carbocycles. The minimum Gasteiger partial charge on any atom is -0.449 e. The van der Waals surface area contributed by atoms with E-state index in [0.29, 0.717) is 5.39 Å². The van der Waals surface area contributed by atoms with E-state index in [1.165, 1.54) is 24.3 Å². The van der Waals surface area contributed by atoms with Crippen LogP contribution in [0, 0.1) is 0 Å². The maximum absolute atomic E-state index is 11.3. The predicted octanol–water partition coefficient (Wildman–Crippen LogP) is 4.22. The Labute approximate surface area is 165 Å². The summed E-state index contributed by atoms with van der Waals surface area (Å²) in [5, 5.41) is 36.4. The number of ether oxygens (including phenoxy) is 4. The second kappa shape index (κ2) is 7.71. The molecule has 0 radical (unpaired) electrons. The van der Waals surface area contributed by atoms with Gasteiger partial charge in [-0.15, -0.1) is 0 Å². The van der Waals surface area contributed by atoms with Gasteiger partial charge >= 0.3 is 24.6 Å². The summed E-state index contributed by atoms with van der Waals surface area (Å²) in [7, 11) is 0. The standard InChI is InChI=1S/C18H10O12/c19-15(20)27-10-6-5-8-7-3-1-2-4-9(7)12(28-16(21)22)14(30-18(25)26)11(8)13(10)29-17(23)24/h1-6H,(H,19,20)(H,21,22)(H,23,24)(H,25,26). The Balaban J connectivity index is 2.56. The Bertz CT molecular complexity index is 1210. The molecule has 0 aromatic heterocycles. The van der Waals surface area contributed by atoms with E-state index in [2.05, 4.69) is 9.47 Å². The van der Waals surface area contributed by atoms with Gasteiger partial charge in [-0.1, -0.05) is 24.3 Å². The number of carbonyl (C=O) groups is 4. The van der Waals surface area contributed by atoms with Gasteiger partial charge in [0, 0.05) is 5.39 Å². The number of fused-ring (bicyclic) bond motifs is 3. The van der Waals surface area contributed by atoms with Crippen molar-refractivity contribution in [1.82, 2.24) is 0 Å². The van der Waals surface area contributed by atoms with Crippen LogP contribution < -0.4 is 18.9 Å². The van der Waals surface area contributed by atoms with Gasteiger partial charge in [-0.3, -0.25) is 0 Å². The van der Waals surface area contributed by atoms with Crippen molar-refractivity contribution in [2.45, 2.75) is 0 Å². The molecule has 0 aliphatic rings. The Morgan fingerprint density at radius 1 is 0.533 bits per heavy atom. The molecule has 4 N–H and O–H groups in total. The molecule has 0 saturated carbocycles. The summed E-state index contributed by atoms with van der Waals surface area (Å²) >= 11 is 0. The van der Waals surface area contributed by atoms with Crippen molar-refractivity contribution < 1.29 is 58.6 Å². The van der Waals surface area contributed by atoms with Crippen LogP contribution in [0.4, 0.5) is 19.2 Å². The molecule has 0 amide bonds. The maximum Gasteiger partial charge on any atom is 0.511 e. The highest BCUT2D eigenvalue weighted by atomic mass is 16.7. The lowest BCUT2D eigenvalue weighted by Crippen LogP contribution is -2.12. The lowest BCUT2D eigenvalue weighted by atomic mass is 9.98. The molecule has 12 heteroatoms. The van der Waals surface area contributed by atoms with Crippen LogP contribution in [0.1, 0.15) is 0 Å². The molecule has 0 saturated heterocycles. The van der Waals surface area contributed by atoms with Crippen LogP contribution in [0.5, 0.6) is 23.0 Å². The van der Waals surface area contributed by atoms with Gasteiger partial charge < -0.3 is 39.4 Å². The first-order valence-corrected chi connectivity index (χ1v) is 7.83. The molecule has 0 spiro atoms. The number of hydrogen-bond acceptors (Lipinski definition) is 8. The number of hydrogen-bond donors (Lipinski definition) is 4. The lowest BCUT2D eigenvalue weighted by molar-refractivity contribution is 0.131. The highest BCUT2D eigenvalue weighted by Gasteiger charge is 2.27. The van der Waals surface area contributed by atoms with Crippen LogP contribution in [0.3, 0.4) is 0 Å². The highest BCUT2D eigenvalue weighted by Crippen LogP contribution is 2.50. The molecule has 154 valence electrons. The summed E-state index contributed by atoms with van der Waals surface area (Å²) in [5.74, 6) is -2.65. The summed E-state index contributed by atoms with van der Waals surface area (Å²) < 4.78 is 18.6. The van der Waals surface area contributed by atoms with E-state index in [-0.39, 0.29) is 10.8 Å². The smallest absolute Gasteiger partial charge is 0.449 e. The van der Waals surface area contributed by atoms with Gasteiger partial charge in [-0.2, -0.15) is 0 Å². The van der Waals surface area contributed by atoms with Gasteiger partial charge in [0.05, 0.1) is 5.39 Å². The number of rotatable bonds is 4. The molecule has 0 heterocycles. The van der Waals surface area contributed by atoms with Crippen molar-refractivity contribution in [2.75, 3.05) is 0 Å². The quantitative estimate of drug-likeness (QED) is 0.269. The topological polar surface area (TPSA) is 186 Å². The zero-order valence-corrected chi connectivity index (χ0v) is 14.5. The van der Waals surface area contributed by atoms with E-state index in [0.717, 1.165) is 6.07 Å². The third-order valence-electron chi connectivity index (χ3n) is 3.78. The minimum atomic E-state index is -1.88. The second-order valence-electron chi connectivity index (χ2n) is 5.49. The van der Waals surface area contributed by atoms with E-state index >= 15 is 0 Å². The largest absolute Gasteiger partial charge is 0.511 e. The zero-order valence-electron chi connectivity index (χ0n) is 14.5. The third-order valence-corrected chi connectivity index (χ3v) is 3.78. The van der Waals surface area contributed by atoms with E-state index in [1.807, 2.05) is 0 Å².